The van der Waals surface area contributed by atoms with Crippen molar-refractivity contribution < 1.29 is 9.59 Å². The number of nitrogens with one attached hydrogen (secondary N) is 1. The molecule has 110 valence electrons. The minimum Gasteiger partial charge on any atom is -0.345 e. The molecule has 0 heterocycles. The smallest absolute Gasteiger partial charge is 0.255 e. The van der Waals surface area contributed by atoms with Crippen LogP contribution in [-0.2, 0) is 4.79 Å². The molecule has 0 bridgehead atoms. The topological polar surface area (TPSA) is 75.4 Å². The molecule has 1 atom stereocenters. The molecule has 1 aromatic rings. The summed E-state index contributed by atoms with van der Waals surface area (Å²) in [5.41, 5.74) is 6.70. The van der Waals surface area contributed by atoms with Crippen LogP contribution in [0.25, 0.3) is 0 Å². The summed E-state index contributed by atoms with van der Waals surface area (Å²) < 4.78 is 0. The van der Waals surface area contributed by atoms with Crippen LogP contribution in [0.1, 0.15) is 36.5 Å². The third kappa shape index (κ3) is 5.01. The molecule has 5 nitrogen and oxygen atoms in total. The van der Waals surface area contributed by atoms with E-state index in [1.54, 1.807) is 38.4 Å². The summed E-state index contributed by atoms with van der Waals surface area (Å²) in [4.78, 5) is 25.4. The molecular weight excluding hydrogens is 254 g/mol. The Labute approximate surface area is 120 Å². The van der Waals surface area contributed by atoms with E-state index in [1.807, 2.05) is 6.92 Å². The predicted octanol–water partition coefficient (Wildman–Crippen LogP) is 1.84. The third-order valence-corrected chi connectivity index (χ3v) is 2.90. The van der Waals surface area contributed by atoms with E-state index in [1.165, 1.54) is 4.90 Å². The Morgan fingerprint density at radius 1 is 1.30 bits per heavy atom. The van der Waals surface area contributed by atoms with Gasteiger partial charge < -0.3 is 16.0 Å². The summed E-state index contributed by atoms with van der Waals surface area (Å²) in [6.45, 7) is 1.92. The number of amides is 2. The van der Waals surface area contributed by atoms with Crippen LogP contribution in [0.4, 0.5) is 5.69 Å². The van der Waals surface area contributed by atoms with Crippen LogP contribution in [0.15, 0.2) is 24.3 Å². The molecule has 0 spiro atoms. The van der Waals surface area contributed by atoms with Crippen molar-refractivity contribution in [3.05, 3.63) is 29.8 Å². The van der Waals surface area contributed by atoms with Gasteiger partial charge in [-0.2, -0.15) is 0 Å². The molecule has 0 saturated carbocycles. The summed E-state index contributed by atoms with van der Waals surface area (Å²) in [7, 11) is 3.37. The molecule has 0 saturated heterocycles. The van der Waals surface area contributed by atoms with E-state index >= 15 is 0 Å². The maximum atomic E-state index is 12.0. The molecule has 0 radical (unpaired) electrons. The second kappa shape index (κ2) is 7.65. The summed E-state index contributed by atoms with van der Waals surface area (Å²) in [6, 6.07) is 7.12. The van der Waals surface area contributed by atoms with Gasteiger partial charge in [0.05, 0.1) is 11.3 Å². The highest BCUT2D eigenvalue weighted by atomic mass is 16.2. The van der Waals surface area contributed by atoms with Gasteiger partial charge in [0.15, 0.2) is 0 Å². The van der Waals surface area contributed by atoms with Gasteiger partial charge in [-0.25, -0.2) is 0 Å². The maximum absolute atomic E-state index is 12.0. The van der Waals surface area contributed by atoms with Crippen molar-refractivity contribution >= 4 is 17.5 Å². The van der Waals surface area contributed by atoms with Crippen molar-refractivity contribution in [1.82, 2.24) is 4.90 Å². The van der Waals surface area contributed by atoms with E-state index in [9.17, 15) is 9.59 Å². The van der Waals surface area contributed by atoms with E-state index in [-0.39, 0.29) is 17.9 Å². The summed E-state index contributed by atoms with van der Waals surface area (Å²) in [6.07, 6.45) is 1.96. The first-order valence-corrected chi connectivity index (χ1v) is 6.78. The Kier molecular flexibility index (Phi) is 6.18. The van der Waals surface area contributed by atoms with E-state index in [0.717, 1.165) is 12.8 Å². The molecule has 0 aliphatic rings. The van der Waals surface area contributed by atoms with Crippen molar-refractivity contribution in [1.29, 1.82) is 0 Å². The molecular formula is C15H23N3O2. The summed E-state index contributed by atoms with van der Waals surface area (Å²) in [5, 5.41) is 2.79. The lowest BCUT2D eigenvalue weighted by molar-refractivity contribution is -0.116. The number of carbonyl (C=O) groups excluding carboxylic acids is 2. The molecule has 2 amide bonds. The highest BCUT2D eigenvalue weighted by Gasteiger charge is 2.14. The maximum Gasteiger partial charge on any atom is 0.255 e. The van der Waals surface area contributed by atoms with Crippen molar-refractivity contribution in [3.63, 3.8) is 0 Å². The fourth-order valence-corrected chi connectivity index (χ4v) is 1.82. The standard InChI is InChI=1S/C15H23N3O2/c1-11(16)7-6-10-14(19)17-13-9-5-4-8-12(13)15(20)18(2)3/h4-5,8-9,11H,6-7,10,16H2,1-3H3,(H,17,19). The Balaban J connectivity index is 2.68. The van der Waals surface area contributed by atoms with Crippen molar-refractivity contribution in [3.8, 4) is 0 Å². The third-order valence-electron chi connectivity index (χ3n) is 2.90. The van der Waals surface area contributed by atoms with Crippen LogP contribution < -0.4 is 11.1 Å². The number of hydrogen-bond acceptors (Lipinski definition) is 3. The van der Waals surface area contributed by atoms with Crippen molar-refractivity contribution in [2.24, 2.45) is 5.73 Å². The van der Waals surface area contributed by atoms with Crippen LogP contribution in [0, 0.1) is 0 Å². The number of para-hydroxylation sites is 1. The van der Waals surface area contributed by atoms with E-state index in [4.69, 9.17) is 5.73 Å². The minimum atomic E-state index is -0.128. The van der Waals surface area contributed by atoms with Gasteiger partial charge in [-0.1, -0.05) is 12.1 Å². The number of carbonyl (C=O) groups is 2. The normalized spacial score (nSPS) is 11.8. The van der Waals surface area contributed by atoms with Gasteiger partial charge in [0.1, 0.15) is 0 Å². The lowest BCUT2D eigenvalue weighted by Gasteiger charge is -2.14. The second-order valence-electron chi connectivity index (χ2n) is 5.16. The van der Waals surface area contributed by atoms with Crippen molar-refractivity contribution in [2.45, 2.75) is 32.2 Å². The molecule has 0 aliphatic heterocycles. The van der Waals surface area contributed by atoms with Gasteiger partial charge in [-0.15, -0.1) is 0 Å². The average molecular weight is 277 g/mol. The SMILES string of the molecule is CC(N)CCCC(=O)Nc1ccccc1C(=O)N(C)C. The minimum absolute atomic E-state index is 0.0929. The van der Waals surface area contributed by atoms with E-state index < -0.39 is 0 Å². The van der Waals surface area contributed by atoms with Crippen LogP contribution in [0.2, 0.25) is 0 Å². The van der Waals surface area contributed by atoms with Gasteiger partial charge in [0.2, 0.25) is 5.91 Å². The number of anilines is 1. The number of hydrogen-bond donors (Lipinski definition) is 2. The Morgan fingerprint density at radius 3 is 2.55 bits per heavy atom. The molecule has 3 N–H and O–H groups in total. The fourth-order valence-electron chi connectivity index (χ4n) is 1.82. The van der Waals surface area contributed by atoms with E-state index in [0.29, 0.717) is 17.7 Å². The lowest BCUT2D eigenvalue weighted by atomic mass is 10.1. The monoisotopic (exact) mass is 277 g/mol. The first-order valence-electron chi connectivity index (χ1n) is 6.78. The van der Waals surface area contributed by atoms with Crippen LogP contribution in [0.3, 0.4) is 0 Å². The summed E-state index contributed by atoms with van der Waals surface area (Å²) >= 11 is 0. The molecule has 0 aliphatic carbocycles. The molecule has 1 unspecified atom stereocenters. The Morgan fingerprint density at radius 2 is 1.95 bits per heavy atom. The second-order valence-corrected chi connectivity index (χ2v) is 5.16. The number of benzene rings is 1. The van der Waals surface area contributed by atoms with Gasteiger partial charge in [-0.05, 0) is 31.9 Å². The Bertz CT molecular complexity index is 470. The number of nitrogens with zero attached hydrogens (tertiary/aromatic N) is 1. The largest absolute Gasteiger partial charge is 0.345 e. The van der Waals surface area contributed by atoms with Gasteiger partial charge in [0, 0.05) is 26.6 Å². The molecule has 0 fully saturated rings. The Hall–Kier alpha value is -1.88. The first-order chi connectivity index (χ1) is 9.41. The molecule has 20 heavy (non-hydrogen) atoms. The molecule has 1 rings (SSSR count). The number of nitrogens with two attached hydrogens (primary N) is 1. The van der Waals surface area contributed by atoms with Crippen LogP contribution in [-0.4, -0.2) is 36.9 Å². The van der Waals surface area contributed by atoms with Gasteiger partial charge >= 0.3 is 0 Å². The van der Waals surface area contributed by atoms with Crippen LogP contribution >= 0.6 is 0 Å². The first kappa shape index (κ1) is 16.2. The van der Waals surface area contributed by atoms with Gasteiger partial charge in [-0.3, -0.25) is 9.59 Å². The molecule has 1 aromatic carbocycles. The zero-order chi connectivity index (χ0) is 15.1. The average Bonchev–Trinajstić information content (AvgIpc) is 2.38. The number of rotatable bonds is 6. The lowest BCUT2D eigenvalue weighted by Crippen LogP contribution is -2.24. The zero-order valence-corrected chi connectivity index (χ0v) is 12.3. The van der Waals surface area contributed by atoms with Crippen molar-refractivity contribution in [2.75, 3.05) is 19.4 Å². The highest BCUT2D eigenvalue weighted by molar-refractivity contribution is 6.03. The highest BCUT2D eigenvalue weighted by Crippen LogP contribution is 2.17. The predicted molar refractivity (Wildman–Crippen MR) is 80.6 cm³/mol. The quantitative estimate of drug-likeness (QED) is 0.833. The van der Waals surface area contributed by atoms with E-state index in [2.05, 4.69) is 5.32 Å². The zero-order valence-electron chi connectivity index (χ0n) is 12.3. The fraction of sp³-hybridized carbons (Fsp3) is 0.467. The summed E-state index contributed by atoms with van der Waals surface area (Å²) in [5.74, 6) is -0.221. The molecule has 0 aromatic heterocycles. The molecule has 5 heteroatoms. The van der Waals surface area contributed by atoms with Gasteiger partial charge in [0.25, 0.3) is 5.91 Å². The van der Waals surface area contributed by atoms with Crippen LogP contribution in [0.5, 0.6) is 0 Å².